The summed E-state index contributed by atoms with van der Waals surface area (Å²) in [7, 11) is -3.79. The number of carbonyl (C=O) groups is 1. The summed E-state index contributed by atoms with van der Waals surface area (Å²) >= 11 is 0. The van der Waals surface area contributed by atoms with Crippen LogP contribution in [0.3, 0.4) is 0 Å². The van der Waals surface area contributed by atoms with Crippen LogP contribution in [-0.2, 0) is 16.6 Å². The second kappa shape index (κ2) is 7.98. The number of nitrogens with one attached hydrogen (secondary N) is 1. The van der Waals surface area contributed by atoms with Crippen molar-refractivity contribution < 1.29 is 18.4 Å². The molecule has 1 aromatic heterocycles. The topological polar surface area (TPSA) is 99.6 Å². The second-order valence-electron chi connectivity index (χ2n) is 5.70. The molecule has 0 aliphatic heterocycles. The van der Waals surface area contributed by atoms with Crippen LogP contribution >= 0.6 is 0 Å². The molecule has 2 aromatic carbocycles. The monoisotopic (exact) mass is 383 g/mol. The van der Waals surface area contributed by atoms with E-state index in [4.69, 9.17) is 0 Å². The van der Waals surface area contributed by atoms with Crippen molar-refractivity contribution in [1.29, 1.82) is 0 Å². The van der Waals surface area contributed by atoms with Crippen LogP contribution in [0.1, 0.15) is 16.1 Å². The number of amides is 1. The fraction of sp³-hybridized carbons (Fsp3) is 0.0526. The Labute approximate surface area is 156 Å². The molecule has 0 unspecified atom stereocenters. The van der Waals surface area contributed by atoms with Gasteiger partial charge >= 0.3 is 0 Å². The van der Waals surface area contributed by atoms with Crippen molar-refractivity contribution in [2.75, 3.05) is 4.72 Å². The molecule has 2 N–H and O–H groups in total. The summed E-state index contributed by atoms with van der Waals surface area (Å²) in [5, 5.41) is 10.6. The Morgan fingerprint density at radius 2 is 1.63 bits per heavy atom. The first-order chi connectivity index (χ1) is 13.0. The SMILES string of the molecule is O=C(c1cc(NS(=O)(=O)c2ccccc2)ccn1)N(O)Cc1ccccc1. The lowest BCUT2D eigenvalue weighted by Gasteiger charge is -2.15. The molecule has 27 heavy (non-hydrogen) atoms. The zero-order valence-corrected chi connectivity index (χ0v) is 15.0. The third-order valence-electron chi connectivity index (χ3n) is 3.69. The maximum atomic E-state index is 12.4. The Morgan fingerprint density at radius 1 is 1.00 bits per heavy atom. The number of rotatable bonds is 6. The van der Waals surface area contributed by atoms with E-state index in [1.54, 1.807) is 42.5 Å². The van der Waals surface area contributed by atoms with Gasteiger partial charge in [-0.05, 0) is 29.8 Å². The minimum atomic E-state index is -3.79. The summed E-state index contributed by atoms with van der Waals surface area (Å²) in [5.74, 6) is -0.736. The van der Waals surface area contributed by atoms with Gasteiger partial charge in [0, 0.05) is 6.20 Å². The van der Waals surface area contributed by atoms with Crippen molar-refractivity contribution in [3.05, 3.63) is 90.3 Å². The van der Waals surface area contributed by atoms with Crippen molar-refractivity contribution >= 4 is 21.6 Å². The van der Waals surface area contributed by atoms with Gasteiger partial charge in [-0.3, -0.25) is 19.7 Å². The van der Waals surface area contributed by atoms with Crippen LogP contribution < -0.4 is 4.72 Å². The normalized spacial score (nSPS) is 11.0. The third kappa shape index (κ3) is 4.69. The smallest absolute Gasteiger partial charge is 0.285 e. The number of benzene rings is 2. The zero-order valence-electron chi connectivity index (χ0n) is 14.2. The van der Waals surface area contributed by atoms with Crippen LogP contribution in [0.25, 0.3) is 0 Å². The number of nitrogens with zero attached hydrogens (tertiary/aromatic N) is 2. The average Bonchev–Trinajstić information content (AvgIpc) is 2.69. The maximum absolute atomic E-state index is 12.4. The second-order valence-corrected chi connectivity index (χ2v) is 7.38. The third-order valence-corrected chi connectivity index (χ3v) is 5.09. The Balaban J connectivity index is 1.76. The van der Waals surface area contributed by atoms with Crippen molar-refractivity contribution in [2.45, 2.75) is 11.4 Å². The molecule has 0 aliphatic rings. The van der Waals surface area contributed by atoms with Crippen LogP contribution in [0, 0.1) is 0 Å². The highest BCUT2D eigenvalue weighted by molar-refractivity contribution is 7.92. The molecule has 138 valence electrons. The van der Waals surface area contributed by atoms with Gasteiger partial charge in [-0.15, -0.1) is 0 Å². The number of hydrogen-bond donors (Lipinski definition) is 2. The van der Waals surface area contributed by atoms with Crippen molar-refractivity contribution in [1.82, 2.24) is 10.0 Å². The molecular formula is C19H17N3O4S. The molecule has 1 amide bonds. The van der Waals surface area contributed by atoms with E-state index in [-0.39, 0.29) is 22.8 Å². The van der Waals surface area contributed by atoms with Crippen LogP contribution in [0.15, 0.2) is 83.9 Å². The highest BCUT2D eigenvalue weighted by Gasteiger charge is 2.18. The molecule has 3 rings (SSSR count). The standard InChI is InChI=1S/C19H17N3O4S/c23-19(22(24)14-15-7-3-1-4-8-15)18-13-16(11-12-20-18)21-27(25,26)17-9-5-2-6-10-17/h1-13,24H,14H2,(H,20,21). The van der Waals surface area contributed by atoms with E-state index in [2.05, 4.69) is 9.71 Å². The molecular weight excluding hydrogens is 366 g/mol. The van der Waals surface area contributed by atoms with Crippen LogP contribution in [0.2, 0.25) is 0 Å². The Bertz CT molecular complexity index is 1030. The minimum absolute atomic E-state index is 0.0126. The largest absolute Gasteiger partial charge is 0.296 e. The first kappa shape index (κ1) is 18.6. The van der Waals surface area contributed by atoms with Gasteiger partial charge in [0.05, 0.1) is 17.1 Å². The molecule has 0 saturated carbocycles. The summed E-state index contributed by atoms with van der Waals surface area (Å²) in [6.07, 6.45) is 1.30. The van der Waals surface area contributed by atoms with E-state index in [9.17, 15) is 18.4 Å². The molecule has 7 nitrogen and oxygen atoms in total. The molecule has 8 heteroatoms. The lowest BCUT2D eigenvalue weighted by molar-refractivity contribution is -0.0652. The van der Waals surface area contributed by atoms with Gasteiger partial charge < -0.3 is 0 Å². The molecule has 0 atom stereocenters. The molecule has 3 aromatic rings. The minimum Gasteiger partial charge on any atom is -0.285 e. The number of aromatic nitrogens is 1. The summed E-state index contributed by atoms with van der Waals surface area (Å²) in [6.45, 7) is -0.0126. The molecule has 0 saturated heterocycles. The van der Waals surface area contributed by atoms with Gasteiger partial charge in [-0.2, -0.15) is 0 Å². The van der Waals surface area contributed by atoms with E-state index >= 15 is 0 Å². The predicted molar refractivity (Wildman–Crippen MR) is 99.6 cm³/mol. The number of hydroxylamine groups is 2. The maximum Gasteiger partial charge on any atom is 0.296 e. The summed E-state index contributed by atoms with van der Waals surface area (Å²) in [6, 6.07) is 19.5. The number of carbonyl (C=O) groups excluding carboxylic acids is 1. The van der Waals surface area contributed by atoms with Gasteiger partial charge in [0.25, 0.3) is 15.9 Å². The van der Waals surface area contributed by atoms with Crippen molar-refractivity contribution in [3.8, 4) is 0 Å². The Hall–Kier alpha value is -3.23. The Morgan fingerprint density at radius 3 is 2.30 bits per heavy atom. The van der Waals surface area contributed by atoms with Crippen LogP contribution in [0.4, 0.5) is 5.69 Å². The van der Waals surface area contributed by atoms with Gasteiger partial charge in [-0.25, -0.2) is 13.5 Å². The summed E-state index contributed by atoms with van der Waals surface area (Å²) in [5.41, 5.74) is 0.835. The van der Waals surface area contributed by atoms with Crippen LogP contribution in [0.5, 0.6) is 0 Å². The van der Waals surface area contributed by atoms with E-state index in [0.29, 0.717) is 5.06 Å². The highest BCUT2D eigenvalue weighted by atomic mass is 32.2. The average molecular weight is 383 g/mol. The fourth-order valence-electron chi connectivity index (χ4n) is 2.39. The van der Waals surface area contributed by atoms with E-state index < -0.39 is 15.9 Å². The van der Waals surface area contributed by atoms with Gasteiger partial charge in [0.15, 0.2) is 0 Å². The molecule has 0 spiro atoms. The van der Waals surface area contributed by atoms with Gasteiger partial charge in [0.2, 0.25) is 0 Å². The van der Waals surface area contributed by atoms with Crippen molar-refractivity contribution in [2.24, 2.45) is 0 Å². The number of pyridine rings is 1. The number of hydrogen-bond acceptors (Lipinski definition) is 5. The first-order valence-electron chi connectivity index (χ1n) is 8.04. The Kier molecular flexibility index (Phi) is 5.49. The lowest BCUT2D eigenvalue weighted by atomic mass is 10.2. The summed E-state index contributed by atoms with van der Waals surface area (Å²) in [4.78, 5) is 16.4. The zero-order chi connectivity index (χ0) is 19.3. The van der Waals surface area contributed by atoms with Gasteiger partial charge in [0.1, 0.15) is 5.69 Å². The highest BCUT2D eigenvalue weighted by Crippen LogP contribution is 2.17. The predicted octanol–water partition coefficient (Wildman–Crippen LogP) is 2.91. The first-order valence-corrected chi connectivity index (χ1v) is 9.52. The van der Waals surface area contributed by atoms with Crippen molar-refractivity contribution in [3.63, 3.8) is 0 Å². The molecule has 0 fully saturated rings. The lowest BCUT2D eigenvalue weighted by Crippen LogP contribution is -2.27. The van der Waals surface area contributed by atoms with E-state index in [0.717, 1.165) is 5.56 Å². The summed E-state index contributed by atoms with van der Waals surface area (Å²) < 4.78 is 27.2. The number of sulfonamides is 1. The quantitative estimate of drug-likeness (QED) is 0.504. The molecule has 0 radical (unpaired) electrons. The van der Waals surface area contributed by atoms with Gasteiger partial charge in [-0.1, -0.05) is 48.5 Å². The fourth-order valence-corrected chi connectivity index (χ4v) is 3.46. The molecule has 0 bridgehead atoms. The van der Waals surface area contributed by atoms with E-state index in [1.165, 1.54) is 30.5 Å². The molecule has 0 aliphatic carbocycles. The molecule has 1 heterocycles. The van der Waals surface area contributed by atoms with E-state index in [1.807, 2.05) is 6.07 Å². The number of anilines is 1. The van der Waals surface area contributed by atoms with Crippen LogP contribution in [-0.4, -0.2) is 29.6 Å².